The molecule has 1 N–H and O–H groups in total. The second-order valence-corrected chi connectivity index (χ2v) is 4.66. The highest BCUT2D eigenvalue weighted by Gasteiger charge is 2.30. The number of benzene rings is 1. The molecule has 0 saturated carbocycles. The lowest BCUT2D eigenvalue weighted by Gasteiger charge is -2.21. The van der Waals surface area contributed by atoms with Gasteiger partial charge >= 0.3 is 6.18 Å². The van der Waals surface area contributed by atoms with Gasteiger partial charge in [-0.25, -0.2) is 0 Å². The molecule has 1 atom stereocenters. The fourth-order valence-electron chi connectivity index (χ4n) is 2.10. The minimum atomic E-state index is -4.32. The Bertz CT molecular complexity index is 423. The molecule has 1 heterocycles. The molecule has 1 saturated heterocycles. The van der Waals surface area contributed by atoms with Gasteiger partial charge in [-0.05, 0) is 11.6 Å². The standard InChI is InChI=1S/C13H16F3NO2/c14-13(15,16)11-3-1-2-10(6-11)7-17-4-5-19-9-12(18)8-17/h1-3,6,12,18H,4-5,7-9H2. The maximum absolute atomic E-state index is 12.6. The number of alkyl halides is 3. The van der Waals surface area contributed by atoms with Crippen LogP contribution in [-0.4, -0.2) is 42.4 Å². The number of rotatable bonds is 2. The Labute approximate surface area is 109 Å². The summed E-state index contributed by atoms with van der Waals surface area (Å²) in [6.45, 7) is 2.16. The number of β-amino-alcohol motifs (C(OH)–C–C–N with tert-alkyl or cyclic N) is 1. The second kappa shape index (κ2) is 5.90. The van der Waals surface area contributed by atoms with E-state index < -0.39 is 17.8 Å². The van der Waals surface area contributed by atoms with E-state index in [0.717, 1.165) is 12.1 Å². The van der Waals surface area contributed by atoms with Gasteiger partial charge in [0, 0.05) is 19.6 Å². The average Bonchev–Trinajstić information content (AvgIpc) is 2.53. The molecule has 6 heteroatoms. The summed E-state index contributed by atoms with van der Waals surface area (Å²) in [5.41, 5.74) is -0.0551. The predicted octanol–water partition coefficient (Wildman–Crippen LogP) is 1.90. The normalized spacial score (nSPS) is 22.2. The highest BCUT2D eigenvalue weighted by atomic mass is 19.4. The topological polar surface area (TPSA) is 32.7 Å². The average molecular weight is 275 g/mol. The first-order valence-electron chi connectivity index (χ1n) is 6.09. The van der Waals surface area contributed by atoms with Crippen LogP contribution in [0.25, 0.3) is 0 Å². The van der Waals surface area contributed by atoms with Crippen LogP contribution in [0.1, 0.15) is 11.1 Å². The Hall–Kier alpha value is -1.11. The Kier molecular flexibility index (Phi) is 4.44. The van der Waals surface area contributed by atoms with Crippen molar-refractivity contribution < 1.29 is 23.0 Å². The minimum absolute atomic E-state index is 0.277. The molecular formula is C13H16F3NO2. The van der Waals surface area contributed by atoms with Crippen LogP contribution >= 0.6 is 0 Å². The van der Waals surface area contributed by atoms with E-state index in [1.54, 1.807) is 6.07 Å². The Morgan fingerprint density at radius 2 is 2.16 bits per heavy atom. The fraction of sp³-hybridized carbons (Fsp3) is 0.538. The van der Waals surface area contributed by atoms with E-state index in [1.807, 2.05) is 4.90 Å². The Morgan fingerprint density at radius 3 is 2.89 bits per heavy atom. The predicted molar refractivity (Wildman–Crippen MR) is 63.5 cm³/mol. The summed E-state index contributed by atoms with van der Waals surface area (Å²) < 4.78 is 43.0. The van der Waals surface area contributed by atoms with Gasteiger partial charge in [0.25, 0.3) is 0 Å². The van der Waals surface area contributed by atoms with Crippen molar-refractivity contribution in [2.75, 3.05) is 26.3 Å². The molecule has 0 amide bonds. The number of hydrogen-bond donors (Lipinski definition) is 1. The second-order valence-electron chi connectivity index (χ2n) is 4.66. The van der Waals surface area contributed by atoms with E-state index in [9.17, 15) is 18.3 Å². The number of nitrogens with zero attached hydrogens (tertiary/aromatic N) is 1. The summed E-state index contributed by atoms with van der Waals surface area (Å²) in [5, 5.41) is 9.57. The van der Waals surface area contributed by atoms with Gasteiger partial charge < -0.3 is 9.84 Å². The maximum atomic E-state index is 12.6. The molecule has 19 heavy (non-hydrogen) atoms. The van der Waals surface area contributed by atoms with Gasteiger partial charge in [0.05, 0.1) is 24.9 Å². The van der Waals surface area contributed by atoms with Crippen LogP contribution in [-0.2, 0) is 17.5 Å². The highest BCUT2D eigenvalue weighted by Crippen LogP contribution is 2.29. The van der Waals surface area contributed by atoms with Crippen molar-refractivity contribution in [3.63, 3.8) is 0 Å². The van der Waals surface area contributed by atoms with Gasteiger partial charge in [-0.1, -0.05) is 18.2 Å². The quantitative estimate of drug-likeness (QED) is 0.894. The lowest BCUT2D eigenvalue weighted by molar-refractivity contribution is -0.137. The maximum Gasteiger partial charge on any atom is 0.416 e. The van der Waals surface area contributed by atoms with Gasteiger partial charge in [-0.15, -0.1) is 0 Å². The first-order chi connectivity index (χ1) is 8.95. The molecular weight excluding hydrogens is 259 g/mol. The van der Waals surface area contributed by atoms with Gasteiger partial charge in [0.1, 0.15) is 0 Å². The molecule has 106 valence electrons. The molecule has 0 aliphatic carbocycles. The Morgan fingerprint density at radius 1 is 1.37 bits per heavy atom. The van der Waals surface area contributed by atoms with E-state index in [4.69, 9.17) is 4.74 Å². The molecule has 1 aromatic carbocycles. The van der Waals surface area contributed by atoms with Crippen LogP contribution in [0.3, 0.4) is 0 Å². The van der Waals surface area contributed by atoms with Crippen molar-refractivity contribution >= 4 is 0 Å². The largest absolute Gasteiger partial charge is 0.416 e. The summed E-state index contributed by atoms with van der Waals surface area (Å²) in [6, 6.07) is 5.28. The van der Waals surface area contributed by atoms with Crippen molar-refractivity contribution in [2.24, 2.45) is 0 Å². The van der Waals surface area contributed by atoms with Crippen LogP contribution in [0.4, 0.5) is 13.2 Å². The first kappa shape index (κ1) is 14.3. The zero-order valence-corrected chi connectivity index (χ0v) is 10.4. The Balaban J connectivity index is 2.06. The summed E-state index contributed by atoms with van der Waals surface area (Å²) in [4.78, 5) is 1.90. The van der Waals surface area contributed by atoms with Crippen molar-refractivity contribution in [1.29, 1.82) is 0 Å². The number of halogens is 3. The van der Waals surface area contributed by atoms with E-state index >= 15 is 0 Å². The third-order valence-electron chi connectivity index (χ3n) is 2.99. The molecule has 3 nitrogen and oxygen atoms in total. The van der Waals surface area contributed by atoms with E-state index in [0.29, 0.717) is 31.8 Å². The van der Waals surface area contributed by atoms with Crippen molar-refractivity contribution in [3.05, 3.63) is 35.4 Å². The molecule has 1 aliphatic rings. The molecule has 2 rings (SSSR count). The number of ether oxygens (including phenoxy) is 1. The molecule has 1 aliphatic heterocycles. The van der Waals surface area contributed by atoms with Gasteiger partial charge in [-0.2, -0.15) is 13.2 Å². The van der Waals surface area contributed by atoms with Crippen molar-refractivity contribution in [3.8, 4) is 0 Å². The van der Waals surface area contributed by atoms with E-state index in [-0.39, 0.29) is 6.61 Å². The molecule has 1 unspecified atom stereocenters. The number of aliphatic hydroxyl groups excluding tert-OH is 1. The van der Waals surface area contributed by atoms with Crippen LogP contribution in [0.5, 0.6) is 0 Å². The number of hydrogen-bond acceptors (Lipinski definition) is 3. The third kappa shape index (κ3) is 4.19. The van der Waals surface area contributed by atoms with E-state index in [1.165, 1.54) is 6.07 Å². The molecule has 0 spiro atoms. The summed E-state index contributed by atoms with van der Waals surface area (Å²) in [5.74, 6) is 0. The van der Waals surface area contributed by atoms with Crippen LogP contribution in [0, 0.1) is 0 Å². The highest BCUT2D eigenvalue weighted by molar-refractivity contribution is 5.25. The lowest BCUT2D eigenvalue weighted by Crippen LogP contribution is -2.32. The van der Waals surface area contributed by atoms with Crippen LogP contribution in [0.2, 0.25) is 0 Å². The zero-order chi connectivity index (χ0) is 13.9. The van der Waals surface area contributed by atoms with Gasteiger partial charge in [0.2, 0.25) is 0 Å². The summed E-state index contributed by atoms with van der Waals surface area (Å²) >= 11 is 0. The van der Waals surface area contributed by atoms with E-state index in [2.05, 4.69) is 0 Å². The van der Waals surface area contributed by atoms with Crippen molar-refractivity contribution in [2.45, 2.75) is 18.8 Å². The lowest BCUT2D eigenvalue weighted by atomic mass is 10.1. The molecule has 0 bridgehead atoms. The molecule has 1 fully saturated rings. The third-order valence-corrected chi connectivity index (χ3v) is 2.99. The molecule has 0 radical (unpaired) electrons. The monoisotopic (exact) mass is 275 g/mol. The molecule has 1 aromatic rings. The summed E-state index contributed by atoms with van der Waals surface area (Å²) in [6.07, 6.45) is -4.91. The van der Waals surface area contributed by atoms with Crippen LogP contribution < -0.4 is 0 Å². The SMILES string of the molecule is OC1COCCN(Cc2cccc(C(F)(F)F)c2)C1. The molecule has 0 aromatic heterocycles. The van der Waals surface area contributed by atoms with Crippen molar-refractivity contribution in [1.82, 2.24) is 4.90 Å². The zero-order valence-electron chi connectivity index (χ0n) is 10.4. The van der Waals surface area contributed by atoms with Gasteiger partial charge in [0.15, 0.2) is 0 Å². The van der Waals surface area contributed by atoms with Gasteiger partial charge in [-0.3, -0.25) is 4.90 Å². The first-order valence-corrected chi connectivity index (χ1v) is 6.09. The number of aliphatic hydroxyl groups is 1. The summed E-state index contributed by atoms with van der Waals surface area (Å²) in [7, 11) is 0. The van der Waals surface area contributed by atoms with Crippen LogP contribution in [0.15, 0.2) is 24.3 Å². The minimum Gasteiger partial charge on any atom is -0.389 e. The fourth-order valence-corrected chi connectivity index (χ4v) is 2.10. The smallest absolute Gasteiger partial charge is 0.389 e.